The molecule has 0 atom stereocenters. The number of rotatable bonds is 4. The molecule has 4 rings (SSSR count). The van der Waals surface area contributed by atoms with Gasteiger partial charge in [-0.2, -0.15) is 18.3 Å². The summed E-state index contributed by atoms with van der Waals surface area (Å²) < 4.78 is 59.6. The van der Waals surface area contributed by atoms with Gasteiger partial charge in [0.05, 0.1) is 28.3 Å². The number of nitrogens with zero attached hydrogens (tertiary/aromatic N) is 4. The minimum atomic E-state index is -4.80. The number of halogens is 4. The van der Waals surface area contributed by atoms with Crippen molar-refractivity contribution in [2.24, 2.45) is 10.7 Å². The number of hydrogen-bond acceptors (Lipinski definition) is 4. The topological polar surface area (TPSA) is 85.7 Å². The summed E-state index contributed by atoms with van der Waals surface area (Å²) in [6.45, 7) is 1.66. The predicted octanol–water partition coefficient (Wildman–Crippen LogP) is 4.46. The highest BCUT2D eigenvalue weighted by Crippen LogP contribution is 2.35. The molecule has 1 aliphatic heterocycles. The largest absolute Gasteiger partial charge is 0.481 e. The fraction of sp³-hybridized carbons (Fsp3) is 0.174. The van der Waals surface area contributed by atoms with Crippen molar-refractivity contribution in [3.63, 3.8) is 0 Å². The van der Waals surface area contributed by atoms with E-state index in [0.29, 0.717) is 28.9 Å². The van der Waals surface area contributed by atoms with Gasteiger partial charge in [0.1, 0.15) is 17.3 Å². The number of amidine groups is 1. The highest BCUT2D eigenvalue weighted by atomic mass is 19.4. The normalized spacial score (nSPS) is 14.5. The Kier molecular flexibility index (Phi) is 5.86. The van der Waals surface area contributed by atoms with Gasteiger partial charge in [-0.25, -0.2) is 14.1 Å². The Hall–Kier alpha value is -4.15. The van der Waals surface area contributed by atoms with Crippen LogP contribution in [0.1, 0.15) is 23.9 Å². The summed E-state index contributed by atoms with van der Waals surface area (Å²) in [6, 6.07) is 9.08. The molecule has 2 heterocycles. The number of anilines is 1. The number of nitrogens with two attached hydrogens (primary N) is 1. The molecule has 1 amide bonds. The summed E-state index contributed by atoms with van der Waals surface area (Å²) in [5.41, 5.74) is 6.61. The Balaban J connectivity index is 1.70. The van der Waals surface area contributed by atoms with Crippen LogP contribution in [0.25, 0.3) is 11.8 Å². The maximum atomic E-state index is 14.1. The molecule has 0 spiro atoms. The zero-order valence-corrected chi connectivity index (χ0v) is 18.1. The Morgan fingerprint density at radius 2 is 1.97 bits per heavy atom. The molecular weight excluding hydrogens is 454 g/mol. The van der Waals surface area contributed by atoms with Gasteiger partial charge in [0, 0.05) is 19.2 Å². The number of fused-ring (bicyclic) bond motifs is 1. The maximum Gasteiger partial charge on any atom is 0.419 e. The Bertz CT molecular complexity index is 1330. The zero-order chi connectivity index (χ0) is 24.6. The van der Waals surface area contributed by atoms with Crippen LogP contribution in [-0.2, 0) is 11.0 Å². The van der Waals surface area contributed by atoms with Crippen LogP contribution in [-0.4, -0.2) is 35.2 Å². The number of carbonyl (C=O) groups excluding carboxylic acids is 1. The van der Waals surface area contributed by atoms with Crippen LogP contribution in [0.4, 0.5) is 28.9 Å². The zero-order valence-electron chi connectivity index (χ0n) is 18.1. The summed E-state index contributed by atoms with van der Waals surface area (Å²) in [5, 5.41) is 4.32. The lowest BCUT2D eigenvalue weighted by Gasteiger charge is -2.25. The van der Waals surface area contributed by atoms with Gasteiger partial charge in [0.15, 0.2) is 12.4 Å². The third kappa shape index (κ3) is 4.36. The van der Waals surface area contributed by atoms with E-state index in [1.807, 2.05) is 0 Å². The Labute approximate surface area is 191 Å². The second kappa shape index (κ2) is 8.65. The number of hydrogen-bond donors (Lipinski definition) is 1. The molecular formula is C23H19F4N5O2. The average molecular weight is 473 g/mol. The van der Waals surface area contributed by atoms with E-state index in [0.717, 1.165) is 12.1 Å². The number of allylic oxidation sites excluding steroid dienone is 1. The van der Waals surface area contributed by atoms with Crippen molar-refractivity contribution in [2.45, 2.75) is 13.1 Å². The minimum absolute atomic E-state index is 0.0251. The predicted molar refractivity (Wildman–Crippen MR) is 119 cm³/mol. The van der Waals surface area contributed by atoms with Gasteiger partial charge in [-0.3, -0.25) is 4.79 Å². The molecule has 3 aromatic rings. The first-order valence-electron chi connectivity index (χ1n) is 10.1. The van der Waals surface area contributed by atoms with E-state index in [1.54, 1.807) is 50.4 Å². The van der Waals surface area contributed by atoms with E-state index in [1.165, 1.54) is 9.58 Å². The third-order valence-electron chi connectivity index (χ3n) is 5.12. The molecule has 1 aliphatic rings. The average Bonchev–Trinajstić information content (AvgIpc) is 3.20. The number of aliphatic imine (C=N–C) groups is 1. The molecule has 1 aromatic heterocycles. The van der Waals surface area contributed by atoms with E-state index in [9.17, 15) is 22.4 Å². The van der Waals surface area contributed by atoms with E-state index < -0.39 is 17.6 Å². The second-order valence-corrected chi connectivity index (χ2v) is 7.42. The molecule has 2 aromatic carbocycles. The number of benzene rings is 2. The number of carbonyl (C=O) groups is 1. The number of aromatic nitrogens is 2. The van der Waals surface area contributed by atoms with E-state index in [-0.39, 0.29) is 29.7 Å². The summed E-state index contributed by atoms with van der Waals surface area (Å²) in [5.74, 6) is -1.09. The quantitative estimate of drug-likeness (QED) is 0.345. The van der Waals surface area contributed by atoms with E-state index in [4.69, 9.17) is 10.5 Å². The summed E-state index contributed by atoms with van der Waals surface area (Å²) >= 11 is 0. The van der Waals surface area contributed by atoms with Crippen LogP contribution in [0.5, 0.6) is 5.75 Å². The number of ether oxygens (including phenoxy) is 1. The SMILES string of the molecule is CC=Cc1cc(C(N)=Nc2ccc3c(c2)OCC(=O)N3C)nn1-c1ccc(C(F)(F)F)c(F)c1. The van der Waals surface area contributed by atoms with Crippen molar-refractivity contribution in [2.75, 3.05) is 18.6 Å². The van der Waals surface area contributed by atoms with Crippen LogP contribution >= 0.6 is 0 Å². The monoisotopic (exact) mass is 473 g/mol. The molecule has 7 nitrogen and oxygen atoms in total. The second-order valence-electron chi connectivity index (χ2n) is 7.42. The van der Waals surface area contributed by atoms with Gasteiger partial charge in [0.2, 0.25) is 0 Å². The molecule has 0 unspecified atom stereocenters. The van der Waals surface area contributed by atoms with Crippen LogP contribution < -0.4 is 15.4 Å². The smallest absolute Gasteiger partial charge is 0.419 e. The first-order valence-corrected chi connectivity index (χ1v) is 10.1. The highest BCUT2D eigenvalue weighted by molar-refractivity contribution is 5.99. The lowest BCUT2D eigenvalue weighted by molar-refractivity contribution is -0.140. The third-order valence-corrected chi connectivity index (χ3v) is 5.12. The van der Waals surface area contributed by atoms with E-state index in [2.05, 4.69) is 10.1 Å². The van der Waals surface area contributed by atoms with Crippen LogP contribution in [0.3, 0.4) is 0 Å². The minimum Gasteiger partial charge on any atom is -0.481 e. The first-order chi connectivity index (χ1) is 16.1. The fourth-order valence-corrected chi connectivity index (χ4v) is 3.41. The molecule has 0 radical (unpaired) electrons. The van der Waals surface area contributed by atoms with Crippen molar-refractivity contribution in [1.82, 2.24) is 9.78 Å². The number of alkyl halides is 3. The maximum absolute atomic E-state index is 14.1. The lowest BCUT2D eigenvalue weighted by Crippen LogP contribution is -2.35. The number of likely N-dealkylation sites (N-methyl/N-ethyl adjacent to an activating group) is 1. The fourth-order valence-electron chi connectivity index (χ4n) is 3.41. The van der Waals surface area contributed by atoms with Gasteiger partial charge < -0.3 is 15.4 Å². The van der Waals surface area contributed by atoms with Gasteiger partial charge >= 0.3 is 6.18 Å². The Morgan fingerprint density at radius 3 is 2.65 bits per heavy atom. The van der Waals surface area contributed by atoms with Gasteiger partial charge in [-0.1, -0.05) is 6.08 Å². The van der Waals surface area contributed by atoms with Crippen molar-refractivity contribution in [3.8, 4) is 11.4 Å². The number of amides is 1. The summed E-state index contributed by atoms with van der Waals surface area (Å²) in [6.07, 6.45) is -1.45. The van der Waals surface area contributed by atoms with Gasteiger partial charge in [0.25, 0.3) is 5.91 Å². The van der Waals surface area contributed by atoms with Gasteiger partial charge in [-0.05, 0) is 43.3 Å². The van der Waals surface area contributed by atoms with Gasteiger partial charge in [-0.15, -0.1) is 0 Å². The summed E-state index contributed by atoms with van der Waals surface area (Å²) in [4.78, 5) is 17.6. The molecule has 11 heteroatoms. The molecule has 34 heavy (non-hydrogen) atoms. The standard InChI is InChI=1S/C23H19F4N5O2/c1-3-4-14-11-18(30-32(14)15-6-7-16(17(24)10-15)23(25,26)27)22(28)29-13-5-8-19-20(9-13)34-12-21(33)31(19)2/h3-11H,12H2,1-2H3,(H2,28,29). The van der Waals surface area contributed by atoms with Crippen molar-refractivity contribution >= 4 is 29.2 Å². The molecule has 0 bridgehead atoms. The van der Waals surface area contributed by atoms with Crippen molar-refractivity contribution in [1.29, 1.82) is 0 Å². The lowest BCUT2D eigenvalue weighted by atomic mass is 10.2. The van der Waals surface area contributed by atoms with Crippen LogP contribution in [0.15, 0.2) is 53.5 Å². The van der Waals surface area contributed by atoms with Crippen LogP contribution in [0.2, 0.25) is 0 Å². The molecule has 2 N–H and O–H groups in total. The summed E-state index contributed by atoms with van der Waals surface area (Å²) in [7, 11) is 1.64. The molecule has 176 valence electrons. The van der Waals surface area contributed by atoms with Crippen molar-refractivity contribution < 1.29 is 27.1 Å². The molecule has 0 aliphatic carbocycles. The van der Waals surface area contributed by atoms with Crippen molar-refractivity contribution in [3.05, 3.63) is 71.3 Å². The van der Waals surface area contributed by atoms with Crippen LogP contribution in [0, 0.1) is 5.82 Å². The molecule has 0 saturated carbocycles. The Morgan fingerprint density at radius 1 is 1.21 bits per heavy atom. The first kappa shape index (κ1) is 23.0. The van der Waals surface area contributed by atoms with E-state index >= 15 is 0 Å². The molecule has 0 fully saturated rings. The highest BCUT2D eigenvalue weighted by Gasteiger charge is 2.34. The molecule has 0 saturated heterocycles.